The quantitative estimate of drug-likeness (QED) is 0.536. The van der Waals surface area contributed by atoms with Gasteiger partial charge in [0.2, 0.25) is 0 Å². The second-order valence-corrected chi connectivity index (χ2v) is 11.7. The Kier molecular flexibility index (Phi) is 5.39. The van der Waals surface area contributed by atoms with Crippen molar-refractivity contribution in [3.05, 3.63) is 11.6 Å². The van der Waals surface area contributed by atoms with E-state index in [1.54, 1.807) is 0 Å². The zero-order chi connectivity index (χ0) is 21.0. The zero-order valence-electron chi connectivity index (χ0n) is 18.9. The molecular weight excluding hydrogens is 372 g/mol. The minimum atomic E-state index is -0.638. The molecule has 3 heteroatoms. The molecule has 0 aromatic carbocycles. The summed E-state index contributed by atoms with van der Waals surface area (Å²) < 4.78 is 0. The van der Waals surface area contributed by atoms with Gasteiger partial charge in [-0.25, -0.2) is 0 Å². The van der Waals surface area contributed by atoms with Crippen LogP contribution in [0.2, 0.25) is 0 Å². The molecule has 5 rings (SSSR count). The molecule has 0 amide bonds. The highest BCUT2D eigenvalue weighted by molar-refractivity contribution is 5.91. The average molecular weight is 413 g/mol. The van der Waals surface area contributed by atoms with Crippen molar-refractivity contribution < 1.29 is 14.7 Å². The van der Waals surface area contributed by atoms with Gasteiger partial charge in [0.1, 0.15) is 0 Å². The fourth-order valence-corrected chi connectivity index (χ4v) is 8.59. The molecule has 1 N–H and O–H groups in total. The van der Waals surface area contributed by atoms with Gasteiger partial charge in [0.25, 0.3) is 0 Å². The number of carbonyl (C=O) groups excluding carboxylic acids is 1. The Morgan fingerprint density at radius 1 is 1.17 bits per heavy atom. The molecule has 0 saturated heterocycles. The van der Waals surface area contributed by atoms with Gasteiger partial charge in [0.15, 0.2) is 5.78 Å². The van der Waals surface area contributed by atoms with Crippen molar-refractivity contribution in [1.82, 2.24) is 0 Å². The normalized spacial score (nSPS) is 45.3. The molecule has 5 aliphatic rings. The second-order valence-electron chi connectivity index (χ2n) is 11.7. The van der Waals surface area contributed by atoms with Crippen LogP contribution in [0, 0.1) is 52.8 Å². The summed E-state index contributed by atoms with van der Waals surface area (Å²) in [6.45, 7) is 4.84. The summed E-state index contributed by atoms with van der Waals surface area (Å²) >= 11 is 0. The SMILES string of the molecule is CCC1(CCCC(=O)O)CCC2C3CCC(=O)C=C3CC(C3CC3)C2C1C1C[C@H]1C. The molecule has 5 aliphatic carbocycles. The summed E-state index contributed by atoms with van der Waals surface area (Å²) in [7, 11) is 0. The predicted molar refractivity (Wildman–Crippen MR) is 118 cm³/mol. The van der Waals surface area contributed by atoms with Crippen molar-refractivity contribution in [3.63, 3.8) is 0 Å². The summed E-state index contributed by atoms with van der Waals surface area (Å²) in [6, 6.07) is 0. The zero-order valence-corrected chi connectivity index (χ0v) is 18.9. The van der Waals surface area contributed by atoms with Gasteiger partial charge < -0.3 is 5.11 Å². The van der Waals surface area contributed by atoms with E-state index < -0.39 is 5.97 Å². The molecule has 0 radical (unpaired) electrons. The summed E-state index contributed by atoms with van der Waals surface area (Å²) in [5.41, 5.74) is 1.87. The number of carboxylic acids is 1. The number of allylic oxidation sites excluding steroid dienone is 2. The first-order valence-electron chi connectivity index (χ1n) is 12.9. The molecule has 0 spiro atoms. The highest BCUT2D eigenvalue weighted by atomic mass is 16.4. The monoisotopic (exact) mass is 412 g/mol. The first-order valence-corrected chi connectivity index (χ1v) is 12.9. The van der Waals surface area contributed by atoms with Gasteiger partial charge in [0.05, 0.1) is 0 Å². The maximum atomic E-state index is 12.2. The van der Waals surface area contributed by atoms with Gasteiger partial charge in [-0.05, 0) is 117 Å². The molecule has 0 aliphatic heterocycles. The van der Waals surface area contributed by atoms with E-state index >= 15 is 0 Å². The first kappa shape index (κ1) is 20.8. The standard InChI is InChI=1S/C27H40O3/c1-3-27(11-4-5-24(29)30)12-10-21-20-9-8-19(28)14-18(20)15-23(17-6-7-17)25(21)26(27)22-13-16(22)2/h14,16-17,20-23,25-26H,3-13,15H2,1-2H3,(H,29,30)/t16-,20?,21?,22?,23?,25?,26?,27?/m1/s1. The van der Waals surface area contributed by atoms with E-state index in [2.05, 4.69) is 19.9 Å². The third kappa shape index (κ3) is 3.58. The number of rotatable bonds is 7. The van der Waals surface area contributed by atoms with Crippen LogP contribution in [0.15, 0.2) is 11.6 Å². The molecule has 7 unspecified atom stereocenters. The van der Waals surface area contributed by atoms with E-state index in [4.69, 9.17) is 0 Å². The summed E-state index contributed by atoms with van der Waals surface area (Å²) in [4.78, 5) is 23.4. The summed E-state index contributed by atoms with van der Waals surface area (Å²) in [6.07, 6.45) is 15.4. The van der Waals surface area contributed by atoms with Crippen LogP contribution in [0.1, 0.15) is 90.9 Å². The highest BCUT2D eigenvalue weighted by Crippen LogP contribution is 2.69. The van der Waals surface area contributed by atoms with Crippen molar-refractivity contribution in [3.8, 4) is 0 Å². The molecule has 0 bridgehead atoms. The van der Waals surface area contributed by atoms with Gasteiger partial charge in [0, 0.05) is 12.8 Å². The molecule has 0 aromatic heterocycles. The average Bonchev–Trinajstić information content (AvgIpc) is 3.63. The molecule has 8 atom stereocenters. The van der Waals surface area contributed by atoms with Crippen molar-refractivity contribution in [2.45, 2.75) is 90.9 Å². The predicted octanol–water partition coefficient (Wildman–Crippen LogP) is 6.27. The highest BCUT2D eigenvalue weighted by Gasteiger charge is 2.61. The van der Waals surface area contributed by atoms with Crippen molar-refractivity contribution >= 4 is 11.8 Å². The third-order valence-electron chi connectivity index (χ3n) is 10.2. The summed E-state index contributed by atoms with van der Waals surface area (Å²) in [5.74, 6) is 6.16. The lowest BCUT2D eigenvalue weighted by molar-refractivity contribution is -0.137. The van der Waals surface area contributed by atoms with Crippen LogP contribution in [-0.2, 0) is 9.59 Å². The van der Waals surface area contributed by atoms with Crippen LogP contribution in [0.4, 0.5) is 0 Å². The lowest BCUT2D eigenvalue weighted by Crippen LogP contribution is -2.52. The van der Waals surface area contributed by atoms with Crippen LogP contribution in [0.3, 0.4) is 0 Å². The number of ketones is 1. The first-order chi connectivity index (χ1) is 14.4. The van der Waals surface area contributed by atoms with Crippen LogP contribution in [-0.4, -0.2) is 16.9 Å². The van der Waals surface area contributed by atoms with E-state index in [1.165, 1.54) is 50.5 Å². The van der Waals surface area contributed by atoms with Gasteiger partial charge in [-0.15, -0.1) is 0 Å². The molecule has 3 nitrogen and oxygen atoms in total. The molecule has 166 valence electrons. The number of hydrogen-bond donors (Lipinski definition) is 1. The van der Waals surface area contributed by atoms with Crippen LogP contribution < -0.4 is 0 Å². The Balaban J connectivity index is 1.49. The van der Waals surface area contributed by atoms with Crippen LogP contribution in [0.25, 0.3) is 0 Å². The molecule has 0 aromatic rings. The Morgan fingerprint density at radius 2 is 1.93 bits per heavy atom. The van der Waals surface area contributed by atoms with E-state index in [-0.39, 0.29) is 0 Å². The lowest BCUT2D eigenvalue weighted by atomic mass is 9.45. The van der Waals surface area contributed by atoms with Crippen LogP contribution >= 0.6 is 0 Å². The Bertz CT molecular complexity index is 734. The Hall–Kier alpha value is -1.12. The fraction of sp³-hybridized carbons (Fsp3) is 0.852. The fourth-order valence-electron chi connectivity index (χ4n) is 8.59. The van der Waals surface area contributed by atoms with Gasteiger partial charge in [-0.3, -0.25) is 9.59 Å². The smallest absolute Gasteiger partial charge is 0.303 e. The largest absolute Gasteiger partial charge is 0.481 e. The lowest BCUT2D eigenvalue weighted by Gasteiger charge is -2.59. The molecular formula is C27H40O3. The topological polar surface area (TPSA) is 54.4 Å². The number of hydrogen-bond acceptors (Lipinski definition) is 2. The van der Waals surface area contributed by atoms with Crippen molar-refractivity contribution in [2.75, 3.05) is 0 Å². The minimum Gasteiger partial charge on any atom is -0.481 e. The molecule has 0 heterocycles. The van der Waals surface area contributed by atoms with Crippen molar-refractivity contribution in [1.29, 1.82) is 0 Å². The summed E-state index contributed by atoms with van der Waals surface area (Å²) in [5, 5.41) is 9.26. The maximum absolute atomic E-state index is 12.2. The number of carboxylic acid groups (broad SMARTS) is 1. The van der Waals surface area contributed by atoms with Gasteiger partial charge in [-0.1, -0.05) is 25.8 Å². The Morgan fingerprint density at radius 3 is 2.57 bits per heavy atom. The second kappa shape index (κ2) is 7.78. The van der Waals surface area contributed by atoms with E-state index in [9.17, 15) is 14.7 Å². The van der Waals surface area contributed by atoms with Crippen LogP contribution in [0.5, 0.6) is 0 Å². The molecule has 4 saturated carbocycles. The third-order valence-corrected chi connectivity index (χ3v) is 10.2. The Labute approximate surface area is 182 Å². The number of carbonyl (C=O) groups is 2. The van der Waals surface area contributed by atoms with Gasteiger partial charge >= 0.3 is 5.97 Å². The van der Waals surface area contributed by atoms with E-state index in [0.717, 1.165) is 67.1 Å². The van der Waals surface area contributed by atoms with E-state index in [0.29, 0.717) is 23.5 Å². The van der Waals surface area contributed by atoms with Crippen molar-refractivity contribution in [2.24, 2.45) is 52.8 Å². The molecule has 4 fully saturated rings. The van der Waals surface area contributed by atoms with Gasteiger partial charge in [-0.2, -0.15) is 0 Å². The molecule has 30 heavy (non-hydrogen) atoms. The maximum Gasteiger partial charge on any atom is 0.303 e. The number of aliphatic carboxylic acids is 1. The van der Waals surface area contributed by atoms with E-state index in [1.807, 2.05) is 0 Å². The number of fused-ring (bicyclic) bond motifs is 3. The minimum absolute atomic E-state index is 0.326.